The van der Waals surface area contributed by atoms with E-state index in [0.29, 0.717) is 22.6 Å². The lowest BCUT2D eigenvalue weighted by Crippen LogP contribution is -2.28. The second-order valence-electron chi connectivity index (χ2n) is 6.43. The number of esters is 1. The molecule has 0 spiro atoms. The van der Waals surface area contributed by atoms with E-state index in [2.05, 4.69) is 4.98 Å². The van der Waals surface area contributed by atoms with Crippen LogP contribution >= 0.6 is 0 Å². The van der Waals surface area contributed by atoms with Gasteiger partial charge in [-0.3, -0.25) is 9.59 Å². The van der Waals surface area contributed by atoms with E-state index in [1.165, 1.54) is 13.8 Å². The number of ketones is 2. The van der Waals surface area contributed by atoms with Crippen molar-refractivity contribution in [2.45, 2.75) is 47.1 Å². The third kappa shape index (κ3) is 4.64. The van der Waals surface area contributed by atoms with Gasteiger partial charge in [-0.1, -0.05) is 25.1 Å². The van der Waals surface area contributed by atoms with Crippen molar-refractivity contribution in [3.8, 4) is 5.75 Å². The number of aromatic amines is 1. The van der Waals surface area contributed by atoms with Gasteiger partial charge in [0.1, 0.15) is 5.75 Å². The molecule has 1 atom stereocenters. The summed E-state index contributed by atoms with van der Waals surface area (Å²) >= 11 is 0. The normalized spacial score (nSPS) is 11.7. The molecule has 0 bridgehead atoms. The number of hydrogen-bond acceptors (Lipinski definition) is 5. The number of aromatic nitrogens is 1. The van der Waals surface area contributed by atoms with E-state index in [9.17, 15) is 14.4 Å². The summed E-state index contributed by atoms with van der Waals surface area (Å²) in [6.07, 6.45) is -0.205. The summed E-state index contributed by atoms with van der Waals surface area (Å²) in [6.45, 7) is 8.10. The van der Waals surface area contributed by atoms with Crippen molar-refractivity contribution < 1.29 is 23.9 Å². The molecule has 0 aliphatic heterocycles. The molecule has 1 heterocycles. The van der Waals surface area contributed by atoms with Gasteiger partial charge in [-0.25, -0.2) is 4.79 Å². The van der Waals surface area contributed by atoms with Crippen LogP contribution in [0.1, 0.15) is 58.4 Å². The SMILES string of the molecule is CCc1ccccc1OCC(=O)OC(C)C(=O)c1[nH]c(C)c(C(C)=O)c1C. The highest BCUT2D eigenvalue weighted by Crippen LogP contribution is 2.21. The first-order chi connectivity index (χ1) is 12.8. The van der Waals surface area contributed by atoms with E-state index in [-0.39, 0.29) is 23.9 Å². The van der Waals surface area contributed by atoms with Gasteiger partial charge >= 0.3 is 5.97 Å². The molecule has 0 saturated carbocycles. The molecule has 0 radical (unpaired) electrons. The Morgan fingerprint density at radius 1 is 1.15 bits per heavy atom. The van der Waals surface area contributed by atoms with Gasteiger partial charge in [0.25, 0.3) is 0 Å². The molecule has 6 heteroatoms. The van der Waals surface area contributed by atoms with E-state index in [0.717, 1.165) is 12.0 Å². The van der Waals surface area contributed by atoms with E-state index >= 15 is 0 Å². The summed E-state index contributed by atoms with van der Waals surface area (Å²) in [5.74, 6) is -0.509. The van der Waals surface area contributed by atoms with Crippen molar-refractivity contribution in [1.29, 1.82) is 0 Å². The van der Waals surface area contributed by atoms with Gasteiger partial charge in [0.05, 0.1) is 5.69 Å². The lowest BCUT2D eigenvalue weighted by Gasteiger charge is -2.14. The fourth-order valence-corrected chi connectivity index (χ4v) is 3.09. The summed E-state index contributed by atoms with van der Waals surface area (Å²) in [5.41, 5.74) is 2.97. The molecule has 0 aliphatic carbocycles. The van der Waals surface area contributed by atoms with E-state index in [1.54, 1.807) is 19.9 Å². The molecule has 1 aromatic carbocycles. The zero-order chi connectivity index (χ0) is 20.1. The van der Waals surface area contributed by atoms with Crippen LogP contribution in [0.5, 0.6) is 5.75 Å². The van der Waals surface area contributed by atoms with Crippen LogP contribution in [0.25, 0.3) is 0 Å². The Hall–Kier alpha value is -2.89. The van der Waals surface area contributed by atoms with Gasteiger partial charge in [-0.2, -0.15) is 0 Å². The molecular weight excluding hydrogens is 346 g/mol. The number of benzene rings is 1. The lowest BCUT2D eigenvalue weighted by molar-refractivity contribution is -0.148. The van der Waals surface area contributed by atoms with E-state index < -0.39 is 12.1 Å². The minimum absolute atomic E-state index is 0.118. The van der Waals surface area contributed by atoms with Gasteiger partial charge in [0, 0.05) is 11.3 Å². The summed E-state index contributed by atoms with van der Waals surface area (Å²) in [7, 11) is 0. The number of aryl methyl sites for hydroxylation is 2. The predicted molar refractivity (Wildman–Crippen MR) is 101 cm³/mol. The maximum Gasteiger partial charge on any atom is 0.344 e. The molecule has 2 rings (SSSR count). The Balaban J connectivity index is 2.01. The van der Waals surface area contributed by atoms with Crippen LogP contribution in [-0.4, -0.2) is 35.2 Å². The van der Waals surface area contributed by atoms with Crippen molar-refractivity contribution in [2.75, 3.05) is 6.61 Å². The number of para-hydroxylation sites is 1. The third-order valence-electron chi connectivity index (χ3n) is 4.41. The number of nitrogens with one attached hydrogen (secondary N) is 1. The van der Waals surface area contributed by atoms with Crippen molar-refractivity contribution in [3.05, 3.63) is 52.3 Å². The third-order valence-corrected chi connectivity index (χ3v) is 4.41. The Labute approximate surface area is 158 Å². The molecule has 27 heavy (non-hydrogen) atoms. The Bertz CT molecular complexity index is 865. The molecule has 0 saturated heterocycles. The summed E-state index contributed by atoms with van der Waals surface area (Å²) in [6, 6.07) is 7.44. The van der Waals surface area contributed by atoms with Crippen molar-refractivity contribution >= 4 is 17.5 Å². The first-order valence-corrected chi connectivity index (χ1v) is 8.90. The van der Waals surface area contributed by atoms with Gasteiger partial charge in [-0.15, -0.1) is 0 Å². The molecule has 2 aromatic rings. The maximum atomic E-state index is 12.6. The molecule has 6 nitrogen and oxygen atoms in total. The number of H-pyrrole nitrogens is 1. The van der Waals surface area contributed by atoms with Crippen LogP contribution in [0, 0.1) is 13.8 Å². The second kappa shape index (κ2) is 8.66. The molecular formula is C21H25NO5. The quantitative estimate of drug-likeness (QED) is 0.566. The summed E-state index contributed by atoms with van der Waals surface area (Å²) in [5, 5.41) is 0. The molecule has 144 valence electrons. The summed E-state index contributed by atoms with van der Waals surface area (Å²) < 4.78 is 10.7. The highest BCUT2D eigenvalue weighted by Gasteiger charge is 2.26. The average molecular weight is 371 g/mol. The fraction of sp³-hybridized carbons (Fsp3) is 0.381. The molecule has 0 fully saturated rings. The smallest absolute Gasteiger partial charge is 0.344 e. The van der Waals surface area contributed by atoms with Crippen LogP contribution in [0.3, 0.4) is 0 Å². The average Bonchev–Trinajstić information content (AvgIpc) is 2.93. The number of carbonyl (C=O) groups excluding carboxylic acids is 3. The standard InChI is InChI=1S/C21H25NO5/c1-6-16-9-7-8-10-17(16)26-11-18(24)27-15(5)21(25)20-12(2)19(14(4)23)13(3)22-20/h7-10,15,22H,6,11H2,1-5H3. The van der Waals surface area contributed by atoms with Gasteiger partial charge < -0.3 is 14.5 Å². The molecule has 0 amide bonds. The van der Waals surface area contributed by atoms with Gasteiger partial charge in [0.2, 0.25) is 5.78 Å². The maximum absolute atomic E-state index is 12.6. The van der Waals surface area contributed by atoms with Gasteiger partial charge in [-0.05, 0) is 51.3 Å². The van der Waals surface area contributed by atoms with Crippen molar-refractivity contribution in [2.24, 2.45) is 0 Å². The molecule has 1 aromatic heterocycles. The second-order valence-corrected chi connectivity index (χ2v) is 6.43. The number of carbonyl (C=O) groups is 3. The summed E-state index contributed by atoms with van der Waals surface area (Å²) in [4.78, 5) is 39.3. The number of Topliss-reactive ketones (excluding diaryl/α,β-unsaturated/α-hetero) is 2. The first kappa shape index (κ1) is 20.4. The minimum atomic E-state index is -0.987. The van der Waals surface area contributed by atoms with Gasteiger partial charge in [0.15, 0.2) is 18.5 Å². The Morgan fingerprint density at radius 3 is 2.41 bits per heavy atom. The first-order valence-electron chi connectivity index (χ1n) is 8.90. The zero-order valence-corrected chi connectivity index (χ0v) is 16.3. The topological polar surface area (TPSA) is 85.5 Å². The van der Waals surface area contributed by atoms with Crippen LogP contribution in [0.2, 0.25) is 0 Å². The van der Waals surface area contributed by atoms with Crippen LogP contribution < -0.4 is 4.74 Å². The Morgan fingerprint density at radius 2 is 1.81 bits per heavy atom. The highest BCUT2D eigenvalue weighted by molar-refractivity contribution is 6.05. The van der Waals surface area contributed by atoms with Crippen molar-refractivity contribution in [1.82, 2.24) is 4.98 Å². The lowest BCUT2D eigenvalue weighted by atomic mass is 10.0. The number of rotatable bonds is 8. The molecule has 1 unspecified atom stereocenters. The monoisotopic (exact) mass is 371 g/mol. The largest absolute Gasteiger partial charge is 0.482 e. The van der Waals surface area contributed by atoms with E-state index in [1.807, 2.05) is 25.1 Å². The number of hydrogen-bond donors (Lipinski definition) is 1. The predicted octanol–water partition coefficient (Wildman–Crippen LogP) is 3.59. The van der Waals surface area contributed by atoms with E-state index in [4.69, 9.17) is 9.47 Å². The number of ether oxygens (including phenoxy) is 2. The molecule has 1 N–H and O–H groups in total. The zero-order valence-electron chi connectivity index (χ0n) is 16.3. The Kier molecular flexibility index (Phi) is 6.55. The van der Waals surface area contributed by atoms with Crippen molar-refractivity contribution in [3.63, 3.8) is 0 Å². The van der Waals surface area contributed by atoms with Crippen LogP contribution in [0.4, 0.5) is 0 Å². The van der Waals surface area contributed by atoms with Crippen LogP contribution in [-0.2, 0) is 16.0 Å². The molecule has 0 aliphatic rings. The fourth-order valence-electron chi connectivity index (χ4n) is 3.09. The minimum Gasteiger partial charge on any atom is -0.482 e. The van der Waals surface area contributed by atoms with Crippen LogP contribution in [0.15, 0.2) is 24.3 Å². The highest BCUT2D eigenvalue weighted by atomic mass is 16.6.